The Balaban J connectivity index is 1.86. The molecule has 2 heterocycles. The van der Waals surface area contributed by atoms with Crippen LogP contribution in [0, 0.1) is 0 Å². The Morgan fingerprint density at radius 1 is 1.30 bits per heavy atom. The fourth-order valence-electron chi connectivity index (χ4n) is 2.16. The highest BCUT2D eigenvalue weighted by Crippen LogP contribution is 2.08. The van der Waals surface area contributed by atoms with Crippen LogP contribution in [0.1, 0.15) is 6.42 Å². The summed E-state index contributed by atoms with van der Waals surface area (Å²) in [6.45, 7) is 2.45. The van der Waals surface area contributed by atoms with Crippen LogP contribution in [-0.4, -0.2) is 64.6 Å². The van der Waals surface area contributed by atoms with Gasteiger partial charge in [-0.2, -0.15) is 0 Å². The molecular formula is C13H18N4O3. The molecule has 1 fully saturated rings. The van der Waals surface area contributed by atoms with Gasteiger partial charge in [-0.1, -0.05) is 0 Å². The van der Waals surface area contributed by atoms with E-state index in [0.29, 0.717) is 31.9 Å². The number of pyridine rings is 1. The van der Waals surface area contributed by atoms with Crippen LogP contribution in [0.15, 0.2) is 24.5 Å². The molecule has 7 nitrogen and oxygen atoms in total. The van der Waals surface area contributed by atoms with Crippen LogP contribution < -0.4 is 5.32 Å². The third kappa shape index (κ3) is 4.20. The van der Waals surface area contributed by atoms with Crippen molar-refractivity contribution in [1.29, 1.82) is 0 Å². The minimum Gasteiger partial charge on any atom is -0.480 e. The van der Waals surface area contributed by atoms with Gasteiger partial charge in [0.25, 0.3) is 0 Å². The van der Waals surface area contributed by atoms with Gasteiger partial charge in [0.2, 0.25) is 0 Å². The van der Waals surface area contributed by atoms with E-state index in [9.17, 15) is 9.59 Å². The molecule has 1 aromatic rings. The first kappa shape index (κ1) is 14.3. The van der Waals surface area contributed by atoms with Crippen molar-refractivity contribution in [3.63, 3.8) is 0 Å². The van der Waals surface area contributed by atoms with Gasteiger partial charge < -0.3 is 15.3 Å². The first-order valence-corrected chi connectivity index (χ1v) is 6.55. The highest BCUT2D eigenvalue weighted by atomic mass is 16.4. The summed E-state index contributed by atoms with van der Waals surface area (Å²) in [4.78, 5) is 30.3. The normalized spacial score (nSPS) is 16.5. The van der Waals surface area contributed by atoms with E-state index >= 15 is 0 Å². The number of nitrogens with zero attached hydrogens (tertiary/aromatic N) is 3. The van der Waals surface area contributed by atoms with Gasteiger partial charge in [0.1, 0.15) is 0 Å². The number of carboxylic acid groups (broad SMARTS) is 1. The standard InChI is InChI=1S/C13H18N4O3/c18-12(19)10-16-5-2-6-17(8-7-16)13(20)15-11-3-1-4-14-9-11/h1,3-4,9H,2,5-8,10H2,(H,15,20)(H,18,19). The molecule has 1 saturated heterocycles. The molecular weight excluding hydrogens is 260 g/mol. The predicted molar refractivity (Wildman–Crippen MR) is 73.5 cm³/mol. The van der Waals surface area contributed by atoms with Crippen molar-refractivity contribution in [2.75, 3.05) is 38.0 Å². The van der Waals surface area contributed by atoms with Crippen molar-refractivity contribution < 1.29 is 14.7 Å². The van der Waals surface area contributed by atoms with E-state index in [1.165, 1.54) is 0 Å². The zero-order valence-electron chi connectivity index (χ0n) is 11.2. The fraction of sp³-hybridized carbons (Fsp3) is 0.462. The van der Waals surface area contributed by atoms with Crippen LogP contribution in [-0.2, 0) is 4.79 Å². The molecule has 1 aliphatic heterocycles. The summed E-state index contributed by atoms with van der Waals surface area (Å²) in [6, 6.07) is 3.36. The van der Waals surface area contributed by atoms with Gasteiger partial charge >= 0.3 is 12.0 Å². The Morgan fingerprint density at radius 2 is 2.15 bits per heavy atom. The molecule has 0 saturated carbocycles. The Morgan fingerprint density at radius 3 is 2.85 bits per heavy atom. The van der Waals surface area contributed by atoms with Gasteiger partial charge in [0.05, 0.1) is 18.4 Å². The quantitative estimate of drug-likeness (QED) is 0.850. The molecule has 7 heteroatoms. The van der Waals surface area contributed by atoms with E-state index in [-0.39, 0.29) is 12.6 Å². The minimum absolute atomic E-state index is 0.0259. The van der Waals surface area contributed by atoms with E-state index in [4.69, 9.17) is 5.11 Å². The third-order valence-corrected chi connectivity index (χ3v) is 3.15. The lowest BCUT2D eigenvalue weighted by molar-refractivity contribution is -0.138. The molecule has 0 bridgehead atoms. The number of aliphatic carboxylic acids is 1. The second-order valence-corrected chi connectivity index (χ2v) is 4.68. The first-order chi connectivity index (χ1) is 9.65. The predicted octanol–water partition coefficient (Wildman–Crippen LogP) is 0.706. The van der Waals surface area contributed by atoms with Crippen LogP contribution >= 0.6 is 0 Å². The minimum atomic E-state index is -0.835. The van der Waals surface area contributed by atoms with E-state index in [2.05, 4.69) is 10.3 Å². The van der Waals surface area contributed by atoms with E-state index < -0.39 is 5.97 Å². The largest absolute Gasteiger partial charge is 0.480 e. The molecule has 0 aliphatic carbocycles. The molecule has 0 radical (unpaired) electrons. The molecule has 1 aromatic heterocycles. The van der Waals surface area contributed by atoms with Crippen LogP contribution in [0.5, 0.6) is 0 Å². The number of urea groups is 1. The zero-order chi connectivity index (χ0) is 14.4. The van der Waals surface area contributed by atoms with Crippen LogP contribution in [0.2, 0.25) is 0 Å². The Labute approximate surface area is 117 Å². The number of rotatable bonds is 3. The average molecular weight is 278 g/mol. The summed E-state index contributed by atoms with van der Waals surface area (Å²) in [5.74, 6) is -0.835. The maximum absolute atomic E-state index is 12.1. The van der Waals surface area contributed by atoms with E-state index in [0.717, 1.165) is 6.42 Å². The number of nitrogens with one attached hydrogen (secondary N) is 1. The fourth-order valence-corrected chi connectivity index (χ4v) is 2.16. The summed E-state index contributed by atoms with van der Waals surface area (Å²) >= 11 is 0. The summed E-state index contributed by atoms with van der Waals surface area (Å²) in [5.41, 5.74) is 0.657. The van der Waals surface area contributed by atoms with Gasteiger partial charge in [-0.3, -0.25) is 14.7 Å². The first-order valence-electron chi connectivity index (χ1n) is 6.55. The average Bonchev–Trinajstić information content (AvgIpc) is 2.65. The summed E-state index contributed by atoms with van der Waals surface area (Å²) in [6.07, 6.45) is 4.01. The summed E-state index contributed by atoms with van der Waals surface area (Å²) in [7, 11) is 0. The number of carbonyl (C=O) groups is 2. The van der Waals surface area contributed by atoms with Crippen molar-refractivity contribution in [2.45, 2.75) is 6.42 Å². The van der Waals surface area contributed by atoms with Gasteiger partial charge in [-0.15, -0.1) is 0 Å². The number of anilines is 1. The topological polar surface area (TPSA) is 85.8 Å². The zero-order valence-corrected chi connectivity index (χ0v) is 11.2. The highest BCUT2D eigenvalue weighted by Gasteiger charge is 2.20. The molecule has 0 unspecified atom stereocenters. The number of aromatic nitrogens is 1. The van der Waals surface area contributed by atoms with Crippen LogP contribution in [0.3, 0.4) is 0 Å². The van der Waals surface area contributed by atoms with Gasteiger partial charge in [-0.25, -0.2) is 4.79 Å². The number of hydrogen-bond acceptors (Lipinski definition) is 4. The lowest BCUT2D eigenvalue weighted by atomic mass is 10.4. The van der Waals surface area contributed by atoms with Crippen molar-refractivity contribution >= 4 is 17.7 Å². The van der Waals surface area contributed by atoms with Crippen LogP contribution in [0.4, 0.5) is 10.5 Å². The third-order valence-electron chi connectivity index (χ3n) is 3.15. The van der Waals surface area contributed by atoms with E-state index in [1.54, 1.807) is 29.4 Å². The number of hydrogen-bond donors (Lipinski definition) is 2. The summed E-state index contributed by atoms with van der Waals surface area (Å²) in [5, 5.41) is 11.6. The molecule has 0 spiro atoms. The van der Waals surface area contributed by atoms with Crippen molar-refractivity contribution in [3.8, 4) is 0 Å². The number of carbonyl (C=O) groups excluding carboxylic acids is 1. The second kappa shape index (κ2) is 6.85. The highest BCUT2D eigenvalue weighted by molar-refractivity contribution is 5.89. The van der Waals surface area contributed by atoms with E-state index in [1.807, 2.05) is 4.90 Å². The second-order valence-electron chi connectivity index (χ2n) is 4.68. The Kier molecular flexibility index (Phi) is 4.89. The lowest BCUT2D eigenvalue weighted by Gasteiger charge is -2.21. The number of amides is 2. The van der Waals surface area contributed by atoms with Gasteiger partial charge in [0.15, 0.2) is 0 Å². The molecule has 0 aromatic carbocycles. The maximum Gasteiger partial charge on any atom is 0.321 e. The summed E-state index contributed by atoms with van der Waals surface area (Å²) < 4.78 is 0. The molecule has 1 aliphatic rings. The monoisotopic (exact) mass is 278 g/mol. The van der Waals surface area contributed by atoms with Crippen molar-refractivity contribution in [1.82, 2.24) is 14.8 Å². The number of carboxylic acids is 1. The Bertz CT molecular complexity index is 466. The van der Waals surface area contributed by atoms with Gasteiger partial charge in [-0.05, 0) is 18.6 Å². The Hall–Kier alpha value is -2.15. The van der Waals surface area contributed by atoms with Gasteiger partial charge in [0, 0.05) is 32.4 Å². The molecule has 108 valence electrons. The molecule has 2 amide bonds. The van der Waals surface area contributed by atoms with Crippen molar-refractivity contribution in [2.24, 2.45) is 0 Å². The molecule has 20 heavy (non-hydrogen) atoms. The molecule has 2 N–H and O–H groups in total. The van der Waals surface area contributed by atoms with Crippen LogP contribution in [0.25, 0.3) is 0 Å². The molecule has 0 atom stereocenters. The maximum atomic E-state index is 12.1. The molecule has 2 rings (SSSR count). The SMILES string of the molecule is O=C(O)CN1CCCN(C(=O)Nc2cccnc2)CC1. The smallest absolute Gasteiger partial charge is 0.321 e. The lowest BCUT2D eigenvalue weighted by Crippen LogP contribution is -2.38. The van der Waals surface area contributed by atoms with Crippen molar-refractivity contribution in [3.05, 3.63) is 24.5 Å².